The largest absolute Gasteiger partial charge is 0.454 e. The molecule has 4 rings (SSSR count). The smallest absolute Gasteiger partial charge is 0.338 e. The normalized spacial score (nSPS) is 15.1. The maximum atomic E-state index is 12.9. The second kappa shape index (κ2) is 8.62. The molecule has 1 aliphatic rings. The van der Waals surface area contributed by atoms with E-state index in [0.29, 0.717) is 24.4 Å². The van der Waals surface area contributed by atoms with Gasteiger partial charge in [0.1, 0.15) is 5.58 Å². The number of Topliss-reactive ketones (excluding diaryl/α,β-unsaturated/α-hetero) is 1. The Kier molecular flexibility index (Phi) is 5.90. The van der Waals surface area contributed by atoms with Crippen LogP contribution in [0.3, 0.4) is 0 Å². The SMILES string of the molecule is Cc1ccc(S(=O)(=O)N2CCOCC2)cc1C(=O)OCC(=O)c1cc2ccccc2o1. The molecule has 2 heterocycles. The van der Waals surface area contributed by atoms with Crippen molar-refractivity contribution < 1.29 is 31.9 Å². The zero-order chi connectivity index (χ0) is 22.0. The Morgan fingerprint density at radius 1 is 1.06 bits per heavy atom. The number of nitrogens with zero attached hydrogens (tertiary/aromatic N) is 1. The highest BCUT2D eigenvalue weighted by molar-refractivity contribution is 7.89. The molecule has 0 amide bonds. The quantitative estimate of drug-likeness (QED) is 0.426. The summed E-state index contributed by atoms with van der Waals surface area (Å²) in [6.07, 6.45) is 0. The third kappa shape index (κ3) is 4.39. The number of benzene rings is 2. The van der Waals surface area contributed by atoms with Crippen molar-refractivity contribution >= 4 is 32.7 Å². The average Bonchev–Trinajstić information content (AvgIpc) is 3.22. The topological polar surface area (TPSA) is 103 Å². The number of fused-ring (bicyclic) bond motifs is 1. The Bertz CT molecular complexity index is 1210. The second-order valence-electron chi connectivity index (χ2n) is 7.14. The molecule has 0 spiro atoms. The molecule has 3 aromatic rings. The molecule has 1 aromatic heterocycles. The first-order valence-corrected chi connectivity index (χ1v) is 11.2. The third-order valence-electron chi connectivity index (χ3n) is 5.07. The van der Waals surface area contributed by atoms with Gasteiger partial charge in [-0.15, -0.1) is 0 Å². The molecule has 0 bridgehead atoms. The van der Waals surface area contributed by atoms with Crippen LogP contribution in [0.1, 0.15) is 26.5 Å². The highest BCUT2D eigenvalue weighted by atomic mass is 32.2. The fraction of sp³-hybridized carbons (Fsp3) is 0.273. The molecule has 0 N–H and O–H groups in total. The van der Waals surface area contributed by atoms with Crippen LogP contribution < -0.4 is 0 Å². The number of furan rings is 1. The number of hydrogen-bond acceptors (Lipinski definition) is 7. The van der Waals surface area contributed by atoms with E-state index in [1.165, 1.54) is 16.4 Å². The van der Waals surface area contributed by atoms with E-state index in [-0.39, 0.29) is 29.3 Å². The Hall–Kier alpha value is -3.01. The van der Waals surface area contributed by atoms with Gasteiger partial charge in [-0.1, -0.05) is 24.3 Å². The van der Waals surface area contributed by atoms with E-state index >= 15 is 0 Å². The van der Waals surface area contributed by atoms with E-state index in [4.69, 9.17) is 13.9 Å². The van der Waals surface area contributed by atoms with E-state index in [1.54, 1.807) is 31.2 Å². The molecule has 1 saturated heterocycles. The van der Waals surface area contributed by atoms with Gasteiger partial charge in [0.25, 0.3) is 0 Å². The molecule has 0 radical (unpaired) electrons. The lowest BCUT2D eigenvalue weighted by molar-refractivity contribution is 0.0467. The summed E-state index contributed by atoms with van der Waals surface area (Å²) < 4.78 is 42.9. The van der Waals surface area contributed by atoms with E-state index in [9.17, 15) is 18.0 Å². The lowest BCUT2D eigenvalue weighted by atomic mass is 10.1. The summed E-state index contributed by atoms with van der Waals surface area (Å²) in [6, 6.07) is 13.0. The van der Waals surface area contributed by atoms with Gasteiger partial charge in [0.15, 0.2) is 12.4 Å². The number of esters is 1. The molecule has 2 aromatic carbocycles. The minimum absolute atomic E-state index is 0.00411. The van der Waals surface area contributed by atoms with Crippen LogP contribution in [0.4, 0.5) is 0 Å². The lowest BCUT2D eigenvalue weighted by Crippen LogP contribution is -2.40. The van der Waals surface area contributed by atoms with Crippen LogP contribution in [0.5, 0.6) is 0 Å². The summed E-state index contributed by atoms with van der Waals surface area (Å²) in [5, 5.41) is 0.772. The van der Waals surface area contributed by atoms with Gasteiger partial charge >= 0.3 is 5.97 Å². The van der Waals surface area contributed by atoms with E-state index in [1.807, 2.05) is 12.1 Å². The van der Waals surface area contributed by atoms with Crippen molar-refractivity contribution in [2.45, 2.75) is 11.8 Å². The Labute approximate surface area is 179 Å². The molecule has 0 saturated carbocycles. The maximum absolute atomic E-state index is 12.9. The number of ketones is 1. The highest BCUT2D eigenvalue weighted by Crippen LogP contribution is 2.22. The summed E-state index contributed by atoms with van der Waals surface area (Å²) in [7, 11) is -3.76. The minimum atomic E-state index is -3.76. The zero-order valence-corrected chi connectivity index (χ0v) is 17.7. The van der Waals surface area contributed by atoms with Crippen molar-refractivity contribution in [1.29, 1.82) is 0 Å². The molecule has 0 aliphatic carbocycles. The first-order chi connectivity index (χ1) is 14.9. The number of morpholine rings is 1. The molecule has 31 heavy (non-hydrogen) atoms. The van der Waals surface area contributed by atoms with Crippen molar-refractivity contribution in [3.8, 4) is 0 Å². The molecule has 1 aliphatic heterocycles. The predicted molar refractivity (Wildman–Crippen MR) is 112 cm³/mol. The van der Waals surface area contributed by atoms with Crippen LogP contribution in [0, 0.1) is 6.92 Å². The number of hydrogen-bond donors (Lipinski definition) is 0. The van der Waals surface area contributed by atoms with Gasteiger partial charge in [-0.05, 0) is 36.8 Å². The number of para-hydroxylation sites is 1. The summed E-state index contributed by atoms with van der Waals surface area (Å²) in [5.41, 5.74) is 1.20. The number of aryl methyl sites for hydroxylation is 1. The van der Waals surface area contributed by atoms with Crippen molar-refractivity contribution in [2.75, 3.05) is 32.9 Å². The van der Waals surface area contributed by atoms with Crippen LogP contribution in [-0.2, 0) is 19.5 Å². The third-order valence-corrected chi connectivity index (χ3v) is 6.97. The van der Waals surface area contributed by atoms with Gasteiger partial charge in [0.2, 0.25) is 15.8 Å². The number of ether oxygens (including phenoxy) is 2. The van der Waals surface area contributed by atoms with Gasteiger partial charge in [-0.25, -0.2) is 13.2 Å². The average molecular weight is 443 g/mol. The minimum Gasteiger partial charge on any atom is -0.454 e. The Balaban J connectivity index is 1.49. The molecule has 1 fully saturated rings. The van der Waals surface area contributed by atoms with Crippen molar-refractivity contribution in [2.24, 2.45) is 0 Å². The number of carbonyl (C=O) groups excluding carboxylic acids is 2. The summed E-state index contributed by atoms with van der Waals surface area (Å²) in [5.74, 6) is -1.17. The molecular formula is C22H21NO7S. The molecule has 9 heteroatoms. The van der Waals surface area contributed by atoms with Gasteiger partial charge in [-0.2, -0.15) is 4.31 Å². The number of rotatable bonds is 6. The molecule has 162 valence electrons. The van der Waals surface area contributed by atoms with Crippen molar-refractivity contribution in [1.82, 2.24) is 4.31 Å². The van der Waals surface area contributed by atoms with E-state index in [0.717, 1.165) is 5.39 Å². The van der Waals surface area contributed by atoms with Crippen LogP contribution in [0.25, 0.3) is 11.0 Å². The van der Waals surface area contributed by atoms with E-state index in [2.05, 4.69) is 0 Å². The maximum Gasteiger partial charge on any atom is 0.338 e. The van der Waals surface area contributed by atoms with Crippen LogP contribution in [0.15, 0.2) is 57.8 Å². The first kappa shape index (κ1) is 21.2. The zero-order valence-electron chi connectivity index (χ0n) is 16.9. The highest BCUT2D eigenvalue weighted by Gasteiger charge is 2.28. The summed E-state index contributed by atoms with van der Waals surface area (Å²) in [6.45, 7) is 2.30. The van der Waals surface area contributed by atoms with Crippen LogP contribution in [0.2, 0.25) is 0 Å². The lowest BCUT2D eigenvalue weighted by Gasteiger charge is -2.26. The van der Waals surface area contributed by atoms with E-state index < -0.39 is 28.4 Å². The van der Waals surface area contributed by atoms with Crippen LogP contribution >= 0.6 is 0 Å². The summed E-state index contributed by atoms with van der Waals surface area (Å²) in [4.78, 5) is 25.0. The second-order valence-corrected chi connectivity index (χ2v) is 9.08. The molecule has 0 unspecified atom stereocenters. The Morgan fingerprint density at radius 2 is 1.81 bits per heavy atom. The fourth-order valence-corrected chi connectivity index (χ4v) is 4.75. The molecule has 0 atom stereocenters. The van der Waals surface area contributed by atoms with Gasteiger partial charge < -0.3 is 13.9 Å². The van der Waals surface area contributed by atoms with Gasteiger partial charge in [0, 0.05) is 18.5 Å². The number of carbonyl (C=O) groups is 2. The Morgan fingerprint density at radius 3 is 2.55 bits per heavy atom. The van der Waals surface area contributed by atoms with Gasteiger partial charge in [-0.3, -0.25) is 4.79 Å². The summed E-state index contributed by atoms with van der Waals surface area (Å²) >= 11 is 0. The molecule has 8 nitrogen and oxygen atoms in total. The van der Waals surface area contributed by atoms with Gasteiger partial charge in [0.05, 0.1) is 23.7 Å². The van der Waals surface area contributed by atoms with Crippen molar-refractivity contribution in [3.63, 3.8) is 0 Å². The monoisotopic (exact) mass is 443 g/mol. The first-order valence-electron chi connectivity index (χ1n) is 9.74. The standard InChI is InChI=1S/C22H21NO7S/c1-15-6-7-17(31(26,27)23-8-10-28-11-9-23)13-18(15)22(25)29-14-19(24)21-12-16-4-2-3-5-20(16)30-21/h2-7,12-13H,8-11,14H2,1H3. The fourth-order valence-electron chi connectivity index (χ4n) is 3.32. The number of sulfonamides is 1. The predicted octanol–water partition coefficient (Wildman–Crippen LogP) is 2.80. The molecular weight excluding hydrogens is 422 g/mol. The van der Waals surface area contributed by atoms with Crippen LogP contribution in [-0.4, -0.2) is 57.4 Å². The van der Waals surface area contributed by atoms with Crippen molar-refractivity contribution in [3.05, 3.63) is 65.4 Å².